The minimum atomic E-state index is -0.447. The maximum absolute atomic E-state index is 12.4. The van der Waals surface area contributed by atoms with E-state index in [-0.39, 0.29) is 5.91 Å². The number of fused-ring (bicyclic) bond motifs is 1. The van der Waals surface area contributed by atoms with Gasteiger partial charge in [-0.1, -0.05) is 23.9 Å². The summed E-state index contributed by atoms with van der Waals surface area (Å²) in [6.07, 6.45) is 2.55. The molecule has 22 heavy (non-hydrogen) atoms. The largest absolute Gasteiger partial charge is 0.368 e. The lowest BCUT2D eigenvalue weighted by molar-refractivity contribution is -0.138. The molecule has 7 heteroatoms. The number of hydrogen-bond acceptors (Lipinski definition) is 5. The summed E-state index contributed by atoms with van der Waals surface area (Å²) in [7, 11) is 0. The monoisotopic (exact) mass is 335 g/mol. The molecule has 1 aromatic carbocycles. The van der Waals surface area contributed by atoms with Crippen LogP contribution in [0.3, 0.4) is 0 Å². The van der Waals surface area contributed by atoms with E-state index < -0.39 is 11.9 Å². The summed E-state index contributed by atoms with van der Waals surface area (Å²) in [5.41, 5.74) is 6.36. The molecule has 0 unspecified atom stereocenters. The first-order valence-corrected chi connectivity index (χ1v) is 9.02. The van der Waals surface area contributed by atoms with Crippen molar-refractivity contribution in [1.29, 1.82) is 0 Å². The zero-order valence-corrected chi connectivity index (χ0v) is 13.7. The zero-order chi connectivity index (χ0) is 15.5. The van der Waals surface area contributed by atoms with Gasteiger partial charge in [0.1, 0.15) is 6.04 Å². The fourth-order valence-corrected chi connectivity index (χ4v) is 4.60. The number of nitrogens with zero attached hydrogens (tertiary/aromatic N) is 2. The number of hydrogen-bond donors (Lipinski definition) is 1. The van der Waals surface area contributed by atoms with Gasteiger partial charge in [-0.2, -0.15) is 0 Å². The second kappa shape index (κ2) is 6.66. The van der Waals surface area contributed by atoms with Crippen LogP contribution in [0, 0.1) is 0 Å². The Kier molecular flexibility index (Phi) is 4.63. The van der Waals surface area contributed by atoms with E-state index in [9.17, 15) is 9.59 Å². The average Bonchev–Trinajstić information content (AvgIpc) is 2.95. The maximum Gasteiger partial charge on any atom is 0.240 e. The van der Waals surface area contributed by atoms with E-state index in [1.807, 2.05) is 24.3 Å². The predicted octanol–water partition coefficient (Wildman–Crippen LogP) is 2.25. The third-order valence-corrected chi connectivity index (χ3v) is 5.91. The van der Waals surface area contributed by atoms with Crippen LogP contribution in [0.2, 0.25) is 0 Å². The number of piperidine rings is 1. The number of amides is 2. The number of rotatable bonds is 4. The summed E-state index contributed by atoms with van der Waals surface area (Å²) in [5.74, 6) is -0.144. The third kappa shape index (κ3) is 3.25. The van der Waals surface area contributed by atoms with Gasteiger partial charge in [0.05, 0.1) is 16.0 Å². The molecule has 1 saturated heterocycles. The molecule has 2 amide bonds. The Balaban J connectivity index is 1.64. The highest BCUT2D eigenvalue weighted by Gasteiger charge is 2.30. The summed E-state index contributed by atoms with van der Waals surface area (Å²) in [4.78, 5) is 30.0. The van der Waals surface area contributed by atoms with Crippen LogP contribution in [0.15, 0.2) is 28.6 Å². The summed E-state index contributed by atoms with van der Waals surface area (Å²) >= 11 is 3.01. The molecule has 116 valence electrons. The molecule has 1 aliphatic rings. The van der Waals surface area contributed by atoms with E-state index in [1.165, 1.54) is 11.8 Å². The molecule has 2 N–H and O–H groups in total. The second-order valence-corrected chi connectivity index (χ2v) is 7.49. The Labute approximate surface area is 136 Å². The summed E-state index contributed by atoms with van der Waals surface area (Å²) in [6.45, 7) is 0.618. The van der Waals surface area contributed by atoms with Gasteiger partial charge in [0.25, 0.3) is 0 Å². The number of carbonyl (C=O) groups excluding carboxylic acids is 2. The number of thiazole rings is 1. The molecule has 5 nitrogen and oxygen atoms in total. The van der Waals surface area contributed by atoms with Crippen molar-refractivity contribution < 1.29 is 9.59 Å². The van der Waals surface area contributed by atoms with Gasteiger partial charge in [-0.3, -0.25) is 9.59 Å². The van der Waals surface area contributed by atoms with Crippen molar-refractivity contribution >= 4 is 45.1 Å². The Bertz CT molecular complexity index is 668. The molecule has 0 aliphatic carbocycles. The Morgan fingerprint density at radius 3 is 2.95 bits per heavy atom. The zero-order valence-electron chi connectivity index (χ0n) is 12.0. The number of likely N-dealkylation sites (tertiary alicyclic amines) is 1. The molecule has 0 saturated carbocycles. The van der Waals surface area contributed by atoms with Crippen molar-refractivity contribution in [1.82, 2.24) is 9.88 Å². The summed E-state index contributed by atoms with van der Waals surface area (Å²) in [5, 5.41) is 0. The van der Waals surface area contributed by atoms with Crippen LogP contribution in [0.4, 0.5) is 0 Å². The molecule has 2 heterocycles. The number of benzene rings is 1. The van der Waals surface area contributed by atoms with E-state index in [4.69, 9.17) is 5.73 Å². The molecule has 1 atom stereocenters. The Morgan fingerprint density at radius 1 is 1.36 bits per heavy atom. The minimum Gasteiger partial charge on any atom is -0.368 e. The number of thioether (sulfide) groups is 1. The van der Waals surface area contributed by atoms with Gasteiger partial charge in [-0.05, 0) is 31.4 Å². The number of primary amides is 1. The van der Waals surface area contributed by atoms with Crippen LogP contribution in [0.5, 0.6) is 0 Å². The van der Waals surface area contributed by atoms with Gasteiger partial charge in [-0.15, -0.1) is 11.3 Å². The van der Waals surface area contributed by atoms with E-state index in [1.54, 1.807) is 16.2 Å². The van der Waals surface area contributed by atoms with Crippen LogP contribution >= 0.6 is 23.1 Å². The number of para-hydroxylation sites is 1. The first-order chi connectivity index (χ1) is 10.6. The third-order valence-electron chi connectivity index (χ3n) is 3.74. The first kappa shape index (κ1) is 15.3. The topological polar surface area (TPSA) is 76.3 Å². The number of carbonyl (C=O) groups is 2. The van der Waals surface area contributed by atoms with Gasteiger partial charge in [0.2, 0.25) is 11.8 Å². The van der Waals surface area contributed by atoms with Crippen molar-refractivity contribution in [3.8, 4) is 0 Å². The van der Waals surface area contributed by atoms with Crippen LogP contribution in [0.25, 0.3) is 10.2 Å². The van der Waals surface area contributed by atoms with Crippen molar-refractivity contribution in [3.63, 3.8) is 0 Å². The first-order valence-electron chi connectivity index (χ1n) is 7.22. The van der Waals surface area contributed by atoms with Crippen molar-refractivity contribution in [3.05, 3.63) is 24.3 Å². The SMILES string of the molecule is NC(=O)[C@H]1CCCCN1C(=O)CSc1nc2ccccc2s1. The van der Waals surface area contributed by atoms with Crippen LogP contribution < -0.4 is 5.73 Å². The molecule has 0 radical (unpaired) electrons. The van der Waals surface area contributed by atoms with E-state index in [0.29, 0.717) is 18.7 Å². The van der Waals surface area contributed by atoms with Gasteiger partial charge in [0.15, 0.2) is 4.34 Å². The maximum atomic E-state index is 12.4. The van der Waals surface area contributed by atoms with Crippen molar-refractivity contribution in [2.45, 2.75) is 29.6 Å². The van der Waals surface area contributed by atoms with Gasteiger partial charge >= 0.3 is 0 Å². The Morgan fingerprint density at radius 2 is 2.18 bits per heavy atom. The fourth-order valence-electron chi connectivity index (χ4n) is 2.65. The molecule has 1 aliphatic heterocycles. The predicted molar refractivity (Wildman–Crippen MR) is 88.9 cm³/mol. The summed E-state index contributed by atoms with van der Waals surface area (Å²) in [6, 6.07) is 7.47. The normalized spacial score (nSPS) is 18.5. The quantitative estimate of drug-likeness (QED) is 0.870. The smallest absolute Gasteiger partial charge is 0.240 e. The molecule has 0 bridgehead atoms. The summed E-state index contributed by atoms with van der Waals surface area (Å²) < 4.78 is 1.99. The lowest BCUT2D eigenvalue weighted by Gasteiger charge is -2.33. The van der Waals surface area contributed by atoms with Crippen LogP contribution in [0.1, 0.15) is 19.3 Å². The number of nitrogens with two attached hydrogens (primary N) is 1. The lowest BCUT2D eigenvalue weighted by Crippen LogP contribution is -2.51. The molecule has 2 aromatic rings. The van der Waals surface area contributed by atoms with Gasteiger partial charge in [-0.25, -0.2) is 4.98 Å². The van der Waals surface area contributed by atoms with E-state index in [2.05, 4.69) is 4.98 Å². The Hall–Kier alpha value is -1.60. The van der Waals surface area contributed by atoms with Crippen molar-refractivity contribution in [2.24, 2.45) is 5.73 Å². The molecular formula is C15H17N3O2S2. The highest BCUT2D eigenvalue weighted by atomic mass is 32.2. The molecule has 1 fully saturated rings. The highest BCUT2D eigenvalue weighted by molar-refractivity contribution is 8.01. The van der Waals surface area contributed by atoms with E-state index >= 15 is 0 Å². The molecule has 0 spiro atoms. The average molecular weight is 335 g/mol. The van der Waals surface area contributed by atoms with Gasteiger partial charge < -0.3 is 10.6 Å². The lowest BCUT2D eigenvalue weighted by atomic mass is 10.0. The molecule has 1 aromatic heterocycles. The fraction of sp³-hybridized carbons (Fsp3) is 0.400. The van der Waals surface area contributed by atoms with Crippen LogP contribution in [-0.2, 0) is 9.59 Å². The molecule has 3 rings (SSSR count). The minimum absolute atomic E-state index is 0.0345. The standard InChI is InChI=1S/C15H17N3O2S2/c16-14(20)11-6-3-4-8-18(11)13(19)9-21-15-17-10-5-1-2-7-12(10)22-15/h1-2,5,7,11H,3-4,6,8-9H2,(H2,16,20)/t11-/m1/s1. The van der Waals surface area contributed by atoms with E-state index in [0.717, 1.165) is 27.4 Å². The number of aromatic nitrogens is 1. The van der Waals surface area contributed by atoms with Gasteiger partial charge in [0, 0.05) is 6.54 Å². The van der Waals surface area contributed by atoms with Crippen molar-refractivity contribution in [2.75, 3.05) is 12.3 Å². The molecular weight excluding hydrogens is 318 g/mol. The van der Waals surface area contributed by atoms with Crippen LogP contribution in [-0.4, -0.2) is 40.0 Å². The highest BCUT2D eigenvalue weighted by Crippen LogP contribution is 2.30. The second-order valence-electron chi connectivity index (χ2n) is 5.24.